The van der Waals surface area contributed by atoms with Crippen LogP contribution in [-0.4, -0.2) is 12.0 Å². The van der Waals surface area contributed by atoms with Crippen LogP contribution in [0.15, 0.2) is 42.5 Å². The van der Waals surface area contributed by atoms with Crippen molar-refractivity contribution in [2.45, 2.75) is 33.8 Å². The van der Waals surface area contributed by atoms with Crippen molar-refractivity contribution in [2.75, 3.05) is 5.32 Å². The van der Waals surface area contributed by atoms with Crippen LogP contribution >= 0.6 is 0 Å². The molecule has 0 radical (unpaired) electrons. The van der Waals surface area contributed by atoms with Gasteiger partial charge in [0.25, 0.3) is 5.91 Å². The lowest BCUT2D eigenvalue weighted by Gasteiger charge is -2.16. The zero-order chi connectivity index (χ0) is 15.4. The highest BCUT2D eigenvalue weighted by molar-refractivity contribution is 5.94. The smallest absolute Gasteiger partial charge is 0.265 e. The zero-order valence-corrected chi connectivity index (χ0v) is 12.9. The van der Waals surface area contributed by atoms with Gasteiger partial charge in [0.2, 0.25) is 0 Å². The highest BCUT2D eigenvalue weighted by atomic mass is 16.5. The van der Waals surface area contributed by atoms with Crippen molar-refractivity contribution in [2.24, 2.45) is 0 Å². The third kappa shape index (κ3) is 4.35. The normalized spacial score (nSPS) is 11.8. The molecule has 1 N–H and O–H groups in total. The molecule has 0 heterocycles. The van der Waals surface area contributed by atoms with E-state index < -0.39 is 6.10 Å². The molecular weight excluding hydrogens is 262 g/mol. The minimum absolute atomic E-state index is 0.153. The molecule has 110 valence electrons. The number of aryl methyl sites for hydroxylation is 3. The molecule has 0 aliphatic heterocycles. The number of anilines is 1. The molecule has 2 aromatic carbocycles. The number of carbonyl (C=O) groups is 1. The van der Waals surface area contributed by atoms with Crippen LogP contribution < -0.4 is 10.1 Å². The van der Waals surface area contributed by atoms with Crippen LogP contribution in [0.5, 0.6) is 5.75 Å². The third-order valence-electron chi connectivity index (χ3n) is 3.16. The molecule has 0 aliphatic carbocycles. The second-order valence-electron chi connectivity index (χ2n) is 5.44. The Kier molecular flexibility index (Phi) is 4.63. The summed E-state index contributed by atoms with van der Waals surface area (Å²) in [6.45, 7) is 7.77. The van der Waals surface area contributed by atoms with Gasteiger partial charge < -0.3 is 10.1 Å². The number of ether oxygens (including phenoxy) is 1. The number of carbonyl (C=O) groups excluding carboxylic acids is 1. The predicted octanol–water partition coefficient (Wildman–Crippen LogP) is 4.02. The Hall–Kier alpha value is -2.29. The van der Waals surface area contributed by atoms with E-state index in [1.54, 1.807) is 6.92 Å². The Balaban J connectivity index is 2.02. The standard InChI is InChI=1S/C18H21NO2/c1-12-6-5-7-16(9-12)19-18(20)15(4)21-17-10-13(2)8-14(3)11-17/h5-11,15H,1-4H3,(H,19,20)/t15-/m0/s1. The van der Waals surface area contributed by atoms with Crippen molar-refractivity contribution < 1.29 is 9.53 Å². The summed E-state index contributed by atoms with van der Waals surface area (Å²) < 4.78 is 5.73. The van der Waals surface area contributed by atoms with Crippen molar-refractivity contribution in [1.82, 2.24) is 0 Å². The van der Waals surface area contributed by atoms with Gasteiger partial charge in [0.15, 0.2) is 6.10 Å². The fourth-order valence-corrected chi connectivity index (χ4v) is 2.23. The van der Waals surface area contributed by atoms with Crippen molar-refractivity contribution >= 4 is 11.6 Å². The van der Waals surface area contributed by atoms with Gasteiger partial charge >= 0.3 is 0 Å². The molecular formula is C18H21NO2. The maximum absolute atomic E-state index is 12.2. The van der Waals surface area contributed by atoms with Crippen molar-refractivity contribution in [3.05, 3.63) is 59.2 Å². The fourth-order valence-electron chi connectivity index (χ4n) is 2.23. The van der Waals surface area contributed by atoms with Gasteiger partial charge in [-0.2, -0.15) is 0 Å². The van der Waals surface area contributed by atoms with Crippen LogP contribution in [0.2, 0.25) is 0 Å². The molecule has 2 aromatic rings. The van der Waals surface area contributed by atoms with E-state index in [1.807, 2.05) is 57.2 Å². The van der Waals surface area contributed by atoms with Gasteiger partial charge in [0, 0.05) is 5.69 Å². The van der Waals surface area contributed by atoms with Gasteiger partial charge in [-0.1, -0.05) is 18.2 Å². The molecule has 0 aliphatic rings. The lowest BCUT2D eigenvalue weighted by Crippen LogP contribution is -2.30. The molecule has 0 spiro atoms. The Labute approximate surface area is 126 Å². The number of nitrogens with one attached hydrogen (secondary N) is 1. The Morgan fingerprint density at radius 1 is 1.00 bits per heavy atom. The maximum Gasteiger partial charge on any atom is 0.265 e. The van der Waals surface area contributed by atoms with E-state index in [-0.39, 0.29) is 5.91 Å². The first kappa shape index (κ1) is 15.1. The Morgan fingerprint density at radius 2 is 1.67 bits per heavy atom. The summed E-state index contributed by atoms with van der Waals surface area (Å²) in [5, 5.41) is 2.87. The van der Waals surface area contributed by atoms with Crippen molar-refractivity contribution in [3.63, 3.8) is 0 Å². The summed E-state index contributed by atoms with van der Waals surface area (Å²) in [5.41, 5.74) is 4.14. The molecule has 0 unspecified atom stereocenters. The van der Waals surface area contributed by atoms with Crippen LogP contribution in [0, 0.1) is 20.8 Å². The lowest BCUT2D eigenvalue weighted by atomic mass is 10.1. The fraction of sp³-hybridized carbons (Fsp3) is 0.278. The summed E-state index contributed by atoms with van der Waals surface area (Å²) in [5.74, 6) is 0.569. The lowest BCUT2D eigenvalue weighted by molar-refractivity contribution is -0.122. The minimum Gasteiger partial charge on any atom is -0.481 e. The molecule has 0 bridgehead atoms. The van der Waals surface area contributed by atoms with Crippen LogP contribution in [-0.2, 0) is 4.79 Å². The van der Waals surface area contributed by atoms with Crippen LogP contribution in [0.3, 0.4) is 0 Å². The Morgan fingerprint density at radius 3 is 2.29 bits per heavy atom. The van der Waals surface area contributed by atoms with E-state index in [0.29, 0.717) is 0 Å². The summed E-state index contributed by atoms with van der Waals surface area (Å²) in [6.07, 6.45) is -0.549. The van der Waals surface area contributed by atoms with E-state index in [0.717, 1.165) is 28.1 Å². The molecule has 2 rings (SSSR count). The van der Waals surface area contributed by atoms with Gasteiger partial charge in [-0.15, -0.1) is 0 Å². The molecule has 0 saturated carbocycles. The molecule has 21 heavy (non-hydrogen) atoms. The third-order valence-corrected chi connectivity index (χ3v) is 3.16. The second kappa shape index (κ2) is 6.44. The van der Waals surface area contributed by atoms with Crippen LogP contribution in [0.25, 0.3) is 0 Å². The number of rotatable bonds is 4. The number of benzene rings is 2. The highest BCUT2D eigenvalue weighted by Crippen LogP contribution is 2.18. The molecule has 1 amide bonds. The number of hydrogen-bond acceptors (Lipinski definition) is 2. The maximum atomic E-state index is 12.2. The van der Waals surface area contributed by atoms with Crippen molar-refractivity contribution in [3.8, 4) is 5.75 Å². The van der Waals surface area contributed by atoms with E-state index in [9.17, 15) is 4.79 Å². The van der Waals surface area contributed by atoms with Gasteiger partial charge in [0.1, 0.15) is 5.75 Å². The summed E-state index contributed by atoms with van der Waals surface area (Å²) in [6, 6.07) is 13.7. The first-order chi connectivity index (χ1) is 9.94. The van der Waals surface area contributed by atoms with Crippen molar-refractivity contribution in [1.29, 1.82) is 0 Å². The Bertz CT molecular complexity index is 629. The number of hydrogen-bond donors (Lipinski definition) is 1. The summed E-state index contributed by atoms with van der Waals surface area (Å²) in [7, 11) is 0. The van der Waals surface area contributed by atoms with E-state index in [4.69, 9.17) is 4.74 Å². The molecule has 3 nitrogen and oxygen atoms in total. The second-order valence-corrected chi connectivity index (χ2v) is 5.44. The molecule has 3 heteroatoms. The van der Waals surface area contributed by atoms with Gasteiger partial charge in [0.05, 0.1) is 0 Å². The van der Waals surface area contributed by atoms with Crippen LogP contribution in [0.1, 0.15) is 23.6 Å². The van der Waals surface area contributed by atoms with E-state index >= 15 is 0 Å². The summed E-state index contributed by atoms with van der Waals surface area (Å²) >= 11 is 0. The largest absolute Gasteiger partial charge is 0.481 e. The quantitative estimate of drug-likeness (QED) is 0.920. The van der Waals surface area contributed by atoms with Gasteiger partial charge in [-0.25, -0.2) is 0 Å². The zero-order valence-electron chi connectivity index (χ0n) is 12.9. The molecule has 0 saturated heterocycles. The highest BCUT2D eigenvalue weighted by Gasteiger charge is 2.15. The molecule has 0 fully saturated rings. The predicted molar refractivity (Wildman–Crippen MR) is 85.8 cm³/mol. The molecule has 0 aromatic heterocycles. The topological polar surface area (TPSA) is 38.3 Å². The van der Waals surface area contributed by atoms with Gasteiger partial charge in [-0.05, 0) is 68.7 Å². The SMILES string of the molecule is Cc1cccc(NC(=O)[C@H](C)Oc2cc(C)cc(C)c2)c1. The van der Waals surface area contributed by atoms with E-state index in [2.05, 4.69) is 11.4 Å². The number of amides is 1. The average Bonchev–Trinajstić information content (AvgIpc) is 2.37. The van der Waals surface area contributed by atoms with E-state index in [1.165, 1.54) is 0 Å². The van der Waals surface area contributed by atoms with Crippen LogP contribution in [0.4, 0.5) is 5.69 Å². The average molecular weight is 283 g/mol. The minimum atomic E-state index is -0.549. The first-order valence-electron chi connectivity index (χ1n) is 7.06. The monoisotopic (exact) mass is 283 g/mol. The van der Waals surface area contributed by atoms with Gasteiger partial charge in [-0.3, -0.25) is 4.79 Å². The first-order valence-corrected chi connectivity index (χ1v) is 7.06. The summed E-state index contributed by atoms with van der Waals surface area (Å²) in [4.78, 5) is 12.2. The molecule has 1 atom stereocenters.